The monoisotopic (exact) mass is 1150 g/mol. The standard InChI is InChI=1S/C76H138O6/c1-4-7-10-13-16-19-22-25-28-31-33-35-36-37-38-39-40-42-43-45-48-51-54-57-60-63-66-69-75(78)81-72-73(71-80-74(77)68-65-62-59-56-53-50-47-30-27-24-21-18-15-12-9-6-3)82-76(79)70-67-64-61-58-55-52-49-46-44-41-34-32-29-26-23-20-17-14-11-8-5-2/h21-22,24-25,30-34,47,73H,4-20,23,26-29,35-46,48-72H2,1-3H3/b24-21-,25-22-,33-31-,34-32-,47-30-. The summed E-state index contributed by atoms with van der Waals surface area (Å²) in [5, 5.41) is 0. The lowest BCUT2D eigenvalue weighted by atomic mass is 10.0. The summed E-state index contributed by atoms with van der Waals surface area (Å²) >= 11 is 0. The average Bonchev–Trinajstić information content (AvgIpc) is 3.47. The van der Waals surface area contributed by atoms with E-state index >= 15 is 0 Å². The molecular formula is C76H138O6. The maximum Gasteiger partial charge on any atom is 0.306 e. The van der Waals surface area contributed by atoms with Crippen molar-refractivity contribution in [3.63, 3.8) is 0 Å². The van der Waals surface area contributed by atoms with Gasteiger partial charge in [0.05, 0.1) is 0 Å². The summed E-state index contributed by atoms with van der Waals surface area (Å²) in [4.78, 5) is 38.5. The molecular weight excluding hydrogens is 1010 g/mol. The lowest BCUT2D eigenvalue weighted by Gasteiger charge is -2.18. The fourth-order valence-electron chi connectivity index (χ4n) is 10.7. The molecule has 0 aromatic carbocycles. The molecule has 0 saturated carbocycles. The van der Waals surface area contributed by atoms with Crippen molar-refractivity contribution in [3.8, 4) is 0 Å². The Balaban J connectivity index is 4.29. The maximum absolute atomic E-state index is 13.0. The molecule has 1 unspecified atom stereocenters. The van der Waals surface area contributed by atoms with E-state index in [0.29, 0.717) is 19.3 Å². The van der Waals surface area contributed by atoms with Gasteiger partial charge in [-0.15, -0.1) is 0 Å². The van der Waals surface area contributed by atoms with E-state index in [1.807, 2.05) is 0 Å². The smallest absolute Gasteiger partial charge is 0.306 e. The zero-order chi connectivity index (χ0) is 59.2. The molecule has 0 bridgehead atoms. The Morgan fingerprint density at radius 1 is 0.244 bits per heavy atom. The highest BCUT2D eigenvalue weighted by Crippen LogP contribution is 2.18. The van der Waals surface area contributed by atoms with Crippen molar-refractivity contribution in [1.82, 2.24) is 0 Å². The predicted octanol–water partition coefficient (Wildman–Crippen LogP) is 25.1. The van der Waals surface area contributed by atoms with Crippen LogP contribution in [0.2, 0.25) is 0 Å². The summed E-state index contributed by atoms with van der Waals surface area (Å²) in [6.45, 7) is 6.66. The fourth-order valence-corrected chi connectivity index (χ4v) is 10.7. The van der Waals surface area contributed by atoms with Crippen molar-refractivity contribution in [3.05, 3.63) is 60.8 Å². The fraction of sp³-hybridized carbons (Fsp3) is 0.829. The van der Waals surface area contributed by atoms with Crippen LogP contribution in [0.1, 0.15) is 387 Å². The molecule has 0 saturated heterocycles. The van der Waals surface area contributed by atoms with E-state index < -0.39 is 6.10 Å². The second kappa shape index (κ2) is 70.6. The number of rotatable bonds is 67. The molecule has 0 aliphatic rings. The van der Waals surface area contributed by atoms with Crippen LogP contribution >= 0.6 is 0 Å². The Labute approximate surface area is 510 Å². The summed E-state index contributed by atoms with van der Waals surface area (Å²) in [6, 6.07) is 0. The van der Waals surface area contributed by atoms with Gasteiger partial charge in [0.2, 0.25) is 0 Å². The van der Waals surface area contributed by atoms with Gasteiger partial charge in [-0.2, -0.15) is 0 Å². The molecule has 0 aromatic rings. The summed E-state index contributed by atoms with van der Waals surface area (Å²) in [6.07, 6.45) is 91.1. The van der Waals surface area contributed by atoms with Crippen LogP contribution in [-0.4, -0.2) is 37.2 Å². The van der Waals surface area contributed by atoms with Gasteiger partial charge in [-0.25, -0.2) is 0 Å². The van der Waals surface area contributed by atoms with Gasteiger partial charge in [0.25, 0.3) is 0 Å². The Hall–Kier alpha value is -2.89. The highest BCUT2D eigenvalue weighted by atomic mass is 16.6. The number of esters is 3. The van der Waals surface area contributed by atoms with E-state index in [0.717, 1.165) is 83.5 Å². The molecule has 0 N–H and O–H groups in total. The number of allylic oxidation sites excluding steroid dienone is 10. The first-order chi connectivity index (χ1) is 40.5. The molecule has 0 rings (SSSR count). The van der Waals surface area contributed by atoms with Gasteiger partial charge < -0.3 is 14.2 Å². The van der Waals surface area contributed by atoms with Crippen LogP contribution in [0.5, 0.6) is 0 Å². The predicted molar refractivity (Wildman–Crippen MR) is 358 cm³/mol. The highest BCUT2D eigenvalue weighted by Gasteiger charge is 2.19. The highest BCUT2D eigenvalue weighted by molar-refractivity contribution is 5.71. The van der Waals surface area contributed by atoms with Gasteiger partial charge in [0.1, 0.15) is 13.2 Å². The van der Waals surface area contributed by atoms with Crippen LogP contribution in [0.3, 0.4) is 0 Å². The van der Waals surface area contributed by atoms with Gasteiger partial charge in [0, 0.05) is 19.3 Å². The zero-order valence-electron chi connectivity index (χ0n) is 55.0. The quantitative estimate of drug-likeness (QED) is 0.0261. The molecule has 478 valence electrons. The number of unbranched alkanes of at least 4 members (excludes halogenated alkanes) is 46. The van der Waals surface area contributed by atoms with Crippen LogP contribution in [0, 0.1) is 0 Å². The van der Waals surface area contributed by atoms with Crippen LogP contribution in [0.15, 0.2) is 60.8 Å². The van der Waals surface area contributed by atoms with Gasteiger partial charge in [-0.1, -0.05) is 319 Å². The van der Waals surface area contributed by atoms with Crippen molar-refractivity contribution in [1.29, 1.82) is 0 Å². The van der Waals surface area contributed by atoms with Crippen molar-refractivity contribution in [2.75, 3.05) is 13.2 Å². The molecule has 0 spiro atoms. The van der Waals surface area contributed by atoms with Gasteiger partial charge in [0.15, 0.2) is 6.10 Å². The lowest BCUT2D eigenvalue weighted by Crippen LogP contribution is -2.30. The number of ether oxygens (including phenoxy) is 3. The van der Waals surface area contributed by atoms with Crippen molar-refractivity contribution in [2.45, 2.75) is 393 Å². The van der Waals surface area contributed by atoms with Crippen LogP contribution in [0.25, 0.3) is 0 Å². The molecule has 0 aliphatic carbocycles. The zero-order valence-corrected chi connectivity index (χ0v) is 55.0. The molecule has 6 heteroatoms. The minimum Gasteiger partial charge on any atom is -0.462 e. The SMILES string of the molecule is CCCCCC/C=C\C/C=C\CCCCCCCC(=O)OCC(COC(=O)CCCCCCCCCCCCCCCCC/C=C\C/C=C\CCCCCCC)OC(=O)CCCCCCCCCCC/C=C\CCCCCCCCCC. The molecule has 0 aliphatic heterocycles. The van der Waals surface area contributed by atoms with E-state index in [9.17, 15) is 14.4 Å². The van der Waals surface area contributed by atoms with Crippen LogP contribution in [0.4, 0.5) is 0 Å². The minimum atomic E-state index is -0.782. The molecule has 0 radical (unpaired) electrons. The van der Waals surface area contributed by atoms with Crippen LogP contribution < -0.4 is 0 Å². The molecule has 0 fully saturated rings. The Kier molecular flexibility index (Phi) is 68.1. The van der Waals surface area contributed by atoms with Crippen molar-refractivity contribution in [2.24, 2.45) is 0 Å². The molecule has 6 nitrogen and oxygen atoms in total. The largest absolute Gasteiger partial charge is 0.462 e. The third-order valence-corrected chi connectivity index (χ3v) is 16.2. The first-order valence-electron chi connectivity index (χ1n) is 36.3. The number of carbonyl (C=O) groups is 3. The van der Waals surface area contributed by atoms with Crippen molar-refractivity contribution >= 4 is 17.9 Å². The van der Waals surface area contributed by atoms with Crippen molar-refractivity contribution < 1.29 is 28.6 Å². The van der Waals surface area contributed by atoms with E-state index in [4.69, 9.17) is 14.2 Å². The number of hydrogen-bond donors (Lipinski definition) is 0. The summed E-state index contributed by atoms with van der Waals surface area (Å²) < 4.78 is 17.0. The second-order valence-electron chi connectivity index (χ2n) is 24.5. The first kappa shape index (κ1) is 79.1. The minimum absolute atomic E-state index is 0.0765. The molecule has 1 atom stereocenters. The van der Waals surface area contributed by atoms with E-state index in [-0.39, 0.29) is 31.1 Å². The molecule has 82 heavy (non-hydrogen) atoms. The second-order valence-corrected chi connectivity index (χ2v) is 24.5. The lowest BCUT2D eigenvalue weighted by molar-refractivity contribution is -0.167. The Morgan fingerprint density at radius 2 is 0.439 bits per heavy atom. The topological polar surface area (TPSA) is 78.9 Å². The third-order valence-electron chi connectivity index (χ3n) is 16.2. The van der Waals surface area contributed by atoms with Crippen LogP contribution in [-0.2, 0) is 28.6 Å². The number of carbonyl (C=O) groups excluding carboxylic acids is 3. The van der Waals surface area contributed by atoms with E-state index in [1.165, 1.54) is 263 Å². The summed E-state index contributed by atoms with van der Waals surface area (Å²) in [5.74, 6) is -0.869. The first-order valence-corrected chi connectivity index (χ1v) is 36.3. The molecule has 0 amide bonds. The average molecular weight is 1150 g/mol. The summed E-state index contributed by atoms with van der Waals surface area (Å²) in [7, 11) is 0. The summed E-state index contributed by atoms with van der Waals surface area (Å²) in [5.41, 5.74) is 0. The van der Waals surface area contributed by atoms with Gasteiger partial charge >= 0.3 is 17.9 Å². The molecule has 0 aromatic heterocycles. The Morgan fingerprint density at radius 3 is 0.695 bits per heavy atom. The van der Waals surface area contributed by atoms with Gasteiger partial charge in [-0.05, 0) is 109 Å². The maximum atomic E-state index is 13.0. The number of hydrogen-bond acceptors (Lipinski definition) is 6. The van der Waals surface area contributed by atoms with E-state index in [2.05, 4.69) is 81.5 Å². The molecule has 0 heterocycles. The Bertz CT molecular complexity index is 1460. The van der Waals surface area contributed by atoms with E-state index in [1.54, 1.807) is 0 Å². The third kappa shape index (κ3) is 67.9. The normalized spacial score (nSPS) is 12.4. The van der Waals surface area contributed by atoms with Gasteiger partial charge in [-0.3, -0.25) is 14.4 Å².